The van der Waals surface area contributed by atoms with Gasteiger partial charge in [-0.1, -0.05) is 29.8 Å². The molecule has 2 aromatic rings. The summed E-state index contributed by atoms with van der Waals surface area (Å²) < 4.78 is 5.63. The van der Waals surface area contributed by atoms with Gasteiger partial charge < -0.3 is 4.74 Å². The van der Waals surface area contributed by atoms with Gasteiger partial charge in [0.2, 0.25) is 0 Å². The van der Waals surface area contributed by atoms with E-state index in [2.05, 4.69) is 6.07 Å². The summed E-state index contributed by atoms with van der Waals surface area (Å²) in [5.41, 5.74) is 1.16. The van der Waals surface area contributed by atoms with E-state index in [-0.39, 0.29) is 0 Å². The van der Waals surface area contributed by atoms with Gasteiger partial charge >= 0.3 is 0 Å². The molecule has 0 bridgehead atoms. The molecule has 0 aliphatic carbocycles. The zero-order valence-electron chi connectivity index (χ0n) is 8.33. The molecule has 15 heavy (non-hydrogen) atoms. The summed E-state index contributed by atoms with van der Waals surface area (Å²) in [5.74, 6) is 1.42. The lowest BCUT2D eigenvalue weighted by molar-refractivity contribution is 0.482. The van der Waals surface area contributed by atoms with Crippen LogP contribution in [0.4, 0.5) is 0 Å². The van der Waals surface area contributed by atoms with Crippen LogP contribution in [0.3, 0.4) is 0 Å². The summed E-state index contributed by atoms with van der Waals surface area (Å²) in [6.07, 6.45) is 0. The molecule has 0 saturated heterocycles. The maximum absolute atomic E-state index is 5.97. The fraction of sp³-hybridized carbons (Fsp3) is 0.0769. The molecule has 0 saturated carbocycles. The van der Waals surface area contributed by atoms with Gasteiger partial charge in [-0.15, -0.1) is 0 Å². The van der Waals surface area contributed by atoms with Gasteiger partial charge in [-0.25, -0.2) is 0 Å². The summed E-state index contributed by atoms with van der Waals surface area (Å²) in [6, 6.07) is 16.0. The van der Waals surface area contributed by atoms with E-state index in [9.17, 15) is 0 Å². The second-order valence-electron chi connectivity index (χ2n) is 3.28. The number of ether oxygens (including phenoxy) is 1. The Morgan fingerprint density at radius 1 is 1.27 bits per heavy atom. The van der Waals surface area contributed by atoms with Gasteiger partial charge in [0.25, 0.3) is 0 Å². The number of hydrogen-bond donors (Lipinski definition) is 0. The zero-order chi connectivity index (χ0) is 10.7. The van der Waals surface area contributed by atoms with Crippen LogP contribution in [-0.2, 0) is 0 Å². The Hall–Kier alpha value is -1.47. The zero-order valence-corrected chi connectivity index (χ0v) is 9.08. The third-order valence-electron chi connectivity index (χ3n) is 1.99. The number of aryl methyl sites for hydroxylation is 1. The Morgan fingerprint density at radius 2 is 2.13 bits per heavy atom. The molecule has 0 aliphatic heterocycles. The first-order valence-corrected chi connectivity index (χ1v) is 5.03. The normalized spacial score (nSPS) is 10.0. The molecule has 2 aromatic carbocycles. The van der Waals surface area contributed by atoms with E-state index in [0.717, 1.165) is 11.3 Å². The van der Waals surface area contributed by atoms with E-state index in [4.69, 9.17) is 16.3 Å². The highest BCUT2D eigenvalue weighted by Crippen LogP contribution is 2.28. The molecule has 2 rings (SSSR count). The van der Waals surface area contributed by atoms with E-state index >= 15 is 0 Å². The van der Waals surface area contributed by atoms with Gasteiger partial charge in [-0.2, -0.15) is 0 Å². The monoisotopic (exact) mass is 217 g/mol. The van der Waals surface area contributed by atoms with Crippen LogP contribution in [0.1, 0.15) is 5.56 Å². The minimum absolute atomic E-state index is 0.593. The molecule has 0 amide bonds. The van der Waals surface area contributed by atoms with Gasteiger partial charge in [-0.05, 0) is 42.8 Å². The molecule has 1 radical (unpaired) electrons. The van der Waals surface area contributed by atoms with Gasteiger partial charge in [-0.3, -0.25) is 0 Å². The fourth-order valence-electron chi connectivity index (χ4n) is 1.28. The van der Waals surface area contributed by atoms with Crippen LogP contribution < -0.4 is 4.74 Å². The smallest absolute Gasteiger partial charge is 0.146 e. The second kappa shape index (κ2) is 4.37. The van der Waals surface area contributed by atoms with Crippen LogP contribution in [0.25, 0.3) is 0 Å². The van der Waals surface area contributed by atoms with Crippen LogP contribution in [0.5, 0.6) is 11.5 Å². The average molecular weight is 218 g/mol. The van der Waals surface area contributed by atoms with E-state index < -0.39 is 0 Å². The Labute approximate surface area is 94.3 Å². The summed E-state index contributed by atoms with van der Waals surface area (Å²) in [6.45, 7) is 2.02. The molecule has 0 spiro atoms. The number of rotatable bonds is 2. The van der Waals surface area contributed by atoms with Gasteiger partial charge in [0.15, 0.2) is 0 Å². The number of halogens is 1. The van der Waals surface area contributed by atoms with Crippen LogP contribution >= 0.6 is 11.6 Å². The highest BCUT2D eigenvalue weighted by Gasteiger charge is 2.01. The Bertz CT molecular complexity index is 466. The maximum atomic E-state index is 5.97. The van der Waals surface area contributed by atoms with E-state index in [0.29, 0.717) is 10.8 Å². The molecule has 0 N–H and O–H groups in total. The molecule has 2 heteroatoms. The molecular formula is C13H10ClO. The number of benzene rings is 2. The molecule has 0 fully saturated rings. The lowest BCUT2D eigenvalue weighted by Gasteiger charge is -2.07. The van der Waals surface area contributed by atoms with Crippen molar-refractivity contribution in [2.45, 2.75) is 6.92 Å². The summed E-state index contributed by atoms with van der Waals surface area (Å²) in [4.78, 5) is 0. The topological polar surface area (TPSA) is 9.23 Å². The summed E-state index contributed by atoms with van der Waals surface area (Å²) in [7, 11) is 0. The average Bonchev–Trinajstić information content (AvgIpc) is 2.22. The van der Waals surface area contributed by atoms with Crippen molar-refractivity contribution in [3.8, 4) is 11.5 Å². The van der Waals surface area contributed by atoms with Crippen LogP contribution in [-0.4, -0.2) is 0 Å². The molecule has 0 atom stereocenters. The summed E-state index contributed by atoms with van der Waals surface area (Å²) >= 11 is 5.97. The predicted octanol–water partition coefficient (Wildman–Crippen LogP) is 4.24. The molecule has 75 valence electrons. The third-order valence-corrected chi connectivity index (χ3v) is 2.31. The van der Waals surface area contributed by atoms with Crippen molar-refractivity contribution < 1.29 is 4.74 Å². The molecule has 0 aliphatic rings. The highest BCUT2D eigenvalue weighted by atomic mass is 35.5. The van der Waals surface area contributed by atoms with Crippen molar-refractivity contribution in [1.29, 1.82) is 0 Å². The van der Waals surface area contributed by atoms with Gasteiger partial charge in [0.05, 0.1) is 5.02 Å². The molecule has 0 heterocycles. The SMILES string of the molecule is Cc1cccc(Oc2c[c]ccc2Cl)c1. The second-order valence-corrected chi connectivity index (χ2v) is 3.68. The first kappa shape index (κ1) is 10.1. The first-order chi connectivity index (χ1) is 7.25. The van der Waals surface area contributed by atoms with Crippen molar-refractivity contribution in [2.24, 2.45) is 0 Å². The fourth-order valence-corrected chi connectivity index (χ4v) is 1.44. The quantitative estimate of drug-likeness (QED) is 0.731. The van der Waals surface area contributed by atoms with Crippen molar-refractivity contribution >= 4 is 11.6 Å². The molecule has 1 nitrogen and oxygen atoms in total. The molecular weight excluding hydrogens is 208 g/mol. The van der Waals surface area contributed by atoms with Crippen LogP contribution in [0.15, 0.2) is 42.5 Å². The van der Waals surface area contributed by atoms with E-state index in [1.807, 2.05) is 31.2 Å². The van der Waals surface area contributed by atoms with Gasteiger partial charge in [0, 0.05) is 0 Å². The first-order valence-electron chi connectivity index (χ1n) is 4.66. The van der Waals surface area contributed by atoms with Gasteiger partial charge in [0.1, 0.15) is 11.5 Å². The Kier molecular flexibility index (Phi) is 2.93. The van der Waals surface area contributed by atoms with E-state index in [1.54, 1.807) is 18.2 Å². The van der Waals surface area contributed by atoms with Crippen LogP contribution in [0, 0.1) is 13.0 Å². The Balaban J connectivity index is 2.26. The largest absolute Gasteiger partial charge is 0.456 e. The maximum Gasteiger partial charge on any atom is 0.146 e. The summed E-state index contributed by atoms with van der Waals surface area (Å²) in [5, 5.41) is 0.593. The van der Waals surface area contributed by atoms with Crippen molar-refractivity contribution in [3.05, 3.63) is 59.1 Å². The predicted molar refractivity (Wildman–Crippen MR) is 61.5 cm³/mol. The lowest BCUT2D eigenvalue weighted by Crippen LogP contribution is -1.85. The Morgan fingerprint density at radius 3 is 2.87 bits per heavy atom. The van der Waals surface area contributed by atoms with E-state index in [1.165, 1.54) is 0 Å². The van der Waals surface area contributed by atoms with Crippen LogP contribution in [0.2, 0.25) is 5.02 Å². The van der Waals surface area contributed by atoms with Crippen molar-refractivity contribution in [3.63, 3.8) is 0 Å². The van der Waals surface area contributed by atoms with Crippen molar-refractivity contribution in [2.75, 3.05) is 0 Å². The minimum atomic E-state index is 0.593. The van der Waals surface area contributed by atoms with Crippen molar-refractivity contribution in [1.82, 2.24) is 0 Å². The number of hydrogen-bond acceptors (Lipinski definition) is 1. The third kappa shape index (κ3) is 2.51. The standard InChI is InChI=1S/C13H10ClO/c1-10-5-4-6-11(9-10)15-13-8-3-2-7-12(13)14/h2,4-9H,1H3. The lowest BCUT2D eigenvalue weighted by atomic mass is 10.2. The highest BCUT2D eigenvalue weighted by molar-refractivity contribution is 6.32. The minimum Gasteiger partial charge on any atom is -0.456 e. The molecule has 0 aromatic heterocycles. The molecule has 0 unspecified atom stereocenters.